The molecule has 1 saturated heterocycles. The highest BCUT2D eigenvalue weighted by molar-refractivity contribution is 5.85. The third-order valence-electron chi connectivity index (χ3n) is 1.09. The first-order chi connectivity index (χ1) is 3.27. The molecule has 1 fully saturated rings. The number of aliphatic hydroxyl groups excluding tert-OH is 1. The fraction of sp³-hybridized carbons (Fsp3) is 1.00. The van der Waals surface area contributed by atoms with Crippen LogP contribution in [0, 0.1) is 0 Å². The molecule has 1 aliphatic rings. The van der Waals surface area contributed by atoms with Crippen molar-refractivity contribution in [3.05, 3.63) is 0 Å². The summed E-state index contributed by atoms with van der Waals surface area (Å²) < 4.78 is 4.74. The molecule has 8 heavy (non-hydrogen) atoms. The van der Waals surface area contributed by atoms with E-state index in [0.717, 1.165) is 0 Å². The van der Waals surface area contributed by atoms with Crippen LogP contribution in [0.2, 0.25) is 0 Å². The van der Waals surface area contributed by atoms with E-state index in [1.54, 1.807) is 0 Å². The molecule has 3 N–H and O–H groups in total. The quantitative estimate of drug-likeness (QED) is 0.497. The molecule has 50 valence electrons. The minimum absolute atomic E-state index is 0. The van der Waals surface area contributed by atoms with Crippen LogP contribution in [-0.4, -0.2) is 30.5 Å². The summed E-state index contributed by atoms with van der Waals surface area (Å²) in [5.41, 5.74) is 5.02. The van der Waals surface area contributed by atoms with Crippen LogP contribution < -0.4 is 5.73 Å². The van der Waals surface area contributed by atoms with E-state index in [-0.39, 0.29) is 19.0 Å². The molecule has 4 heteroatoms. The lowest BCUT2D eigenvalue weighted by Gasteiger charge is -2.35. The fourth-order valence-corrected chi connectivity index (χ4v) is 0.456. The smallest absolute Gasteiger partial charge is 0.0862 e. The van der Waals surface area contributed by atoms with E-state index >= 15 is 0 Å². The molecule has 0 unspecified atom stereocenters. The van der Waals surface area contributed by atoms with Gasteiger partial charge in [0.15, 0.2) is 0 Å². The molecule has 0 saturated carbocycles. The molecule has 0 aromatic rings. The van der Waals surface area contributed by atoms with Crippen molar-refractivity contribution in [1.82, 2.24) is 0 Å². The molecule has 1 rings (SSSR count). The average Bonchev–Trinajstić information content (AvgIpc) is 1.61. The van der Waals surface area contributed by atoms with Crippen molar-refractivity contribution in [2.75, 3.05) is 19.8 Å². The monoisotopic (exact) mass is 139 g/mol. The molecule has 1 heterocycles. The molecular formula is C4H10ClNO2. The SMILES string of the molecule is Cl.NC1(CO)COC1. The zero-order valence-corrected chi connectivity index (χ0v) is 5.28. The molecule has 0 amide bonds. The van der Waals surface area contributed by atoms with Gasteiger partial charge in [0, 0.05) is 0 Å². The van der Waals surface area contributed by atoms with Gasteiger partial charge in [-0.15, -0.1) is 12.4 Å². The Hall–Kier alpha value is 0.170. The maximum atomic E-state index is 8.44. The zero-order valence-electron chi connectivity index (χ0n) is 4.46. The van der Waals surface area contributed by atoms with Gasteiger partial charge in [-0.3, -0.25) is 0 Å². The summed E-state index contributed by atoms with van der Waals surface area (Å²) in [5, 5.41) is 8.44. The summed E-state index contributed by atoms with van der Waals surface area (Å²) in [5.74, 6) is 0. The zero-order chi connectivity index (χ0) is 5.33. The standard InChI is InChI=1S/C4H9NO2.ClH/c5-4(1-6)2-7-3-4;/h6H,1-3,5H2;1H. The van der Waals surface area contributed by atoms with Gasteiger partial charge in [0.05, 0.1) is 25.4 Å². The largest absolute Gasteiger partial charge is 0.394 e. The van der Waals surface area contributed by atoms with E-state index < -0.39 is 5.54 Å². The summed E-state index contributed by atoms with van der Waals surface area (Å²) in [4.78, 5) is 0. The van der Waals surface area contributed by atoms with Crippen LogP contribution in [0.5, 0.6) is 0 Å². The third kappa shape index (κ3) is 1.32. The number of halogens is 1. The van der Waals surface area contributed by atoms with Crippen LogP contribution in [-0.2, 0) is 4.74 Å². The van der Waals surface area contributed by atoms with Gasteiger partial charge < -0.3 is 15.6 Å². The Balaban J connectivity index is 0.000000490. The van der Waals surface area contributed by atoms with Crippen molar-refractivity contribution in [3.8, 4) is 0 Å². The van der Waals surface area contributed by atoms with Gasteiger partial charge in [0.25, 0.3) is 0 Å². The van der Waals surface area contributed by atoms with Gasteiger partial charge in [0.2, 0.25) is 0 Å². The van der Waals surface area contributed by atoms with Crippen LogP contribution in [0.25, 0.3) is 0 Å². The van der Waals surface area contributed by atoms with E-state index in [1.165, 1.54) is 0 Å². The normalized spacial score (nSPS) is 23.2. The highest BCUT2D eigenvalue weighted by atomic mass is 35.5. The highest BCUT2D eigenvalue weighted by Gasteiger charge is 2.32. The Morgan fingerprint density at radius 1 is 1.62 bits per heavy atom. The lowest BCUT2D eigenvalue weighted by molar-refractivity contribution is -0.0768. The summed E-state index contributed by atoms with van der Waals surface area (Å²) in [6, 6.07) is 0. The number of nitrogens with two attached hydrogens (primary N) is 1. The predicted octanol–water partition coefficient (Wildman–Crippen LogP) is -0.872. The second kappa shape index (κ2) is 2.64. The lowest BCUT2D eigenvalue weighted by atomic mass is 10.0. The number of aliphatic hydroxyl groups is 1. The number of ether oxygens (including phenoxy) is 1. The highest BCUT2D eigenvalue weighted by Crippen LogP contribution is 2.10. The Bertz CT molecular complexity index is 68.9. The van der Waals surface area contributed by atoms with Crippen molar-refractivity contribution in [3.63, 3.8) is 0 Å². The molecule has 0 spiro atoms. The van der Waals surface area contributed by atoms with Gasteiger partial charge in [-0.05, 0) is 0 Å². The molecule has 0 bridgehead atoms. The Kier molecular flexibility index (Phi) is 2.70. The topological polar surface area (TPSA) is 55.5 Å². The Morgan fingerprint density at radius 3 is 2.12 bits per heavy atom. The summed E-state index contributed by atoms with van der Waals surface area (Å²) >= 11 is 0. The second-order valence-electron chi connectivity index (χ2n) is 2.01. The Morgan fingerprint density at radius 2 is 2.12 bits per heavy atom. The third-order valence-corrected chi connectivity index (χ3v) is 1.09. The lowest BCUT2D eigenvalue weighted by Crippen LogP contribution is -2.60. The summed E-state index contributed by atoms with van der Waals surface area (Å²) in [6.45, 7) is 1.04. The Labute approximate surface area is 54.2 Å². The van der Waals surface area contributed by atoms with Crippen molar-refractivity contribution >= 4 is 12.4 Å². The van der Waals surface area contributed by atoms with Gasteiger partial charge in [-0.1, -0.05) is 0 Å². The molecular weight excluding hydrogens is 130 g/mol. The first-order valence-electron chi connectivity index (χ1n) is 2.24. The molecule has 1 aliphatic heterocycles. The number of hydrogen-bond donors (Lipinski definition) is 2. The van der Waals surface area contributed by atoms with Gasteiger partial charge in [0.1, 0.15) is 0 Å². The van der Waals surface area contributed by atoms with Crippen LogP contribution in [0.1, 0.15) is 0 Å². The van der Waals surface area contributed by atoms with Crippen LogP contribution in [0.15, 0.2) is 0 Å². The molecule has 3 nitrogen and oxygen atoms in total. The second-order valence-corrected chi connectivity index (χ2v) is 2.01. The number of rotatable bonds is 1. The molecule has 0 radical (unpaired) electrons. The van der Waals surface area contributed by atoms with Crippen molar-refractivity contribution in [2.24, 2.45) is 5.73 Å². The van der Waals surface area contributed by atoms with Crippen LogP contribution in [0.3, 0.4) is 0 Å². The van der Waals surface area contributed by atoms with Gasteiger partial charge in [-0.2, -0.15) is 0 Å². The van der Waals surface area contributed by atoms with Crippen LogP contribution >= 0.6 is 12.4 Å². The maximum Gasteiger partial charge on any atom is 0.0862 e. The van der Waals surface area contributed by atoms with Crippen molar-refractivity contribution < 1.29 is 9.84 Å². The van der Waals surface area contributed by atoms with Crippen molar-refractivity contribution in [2.45, 2.75) is 5.54 Å². The first-order valence-corrected chi connectivity index (χ1v) is 2.24. The van der Waals surface area contributed by atoms with Crippen molar-refractivity contribution in [1.29, 1.82) is 0 Å². The van der Waals surface area contributed by atoms with Gasteiger partial charge >= 0.3 is 0 Å². The first kappa shape index (κ1) is 8.17. The molecule has 0 atom stereocenters. The summed E-state index contributed by atoms with van der Waals surface area (Å²) in [7, 11) is 0. The van der Waals surface area contributed by atoms with E-state index in [0.29, 0.717) is 13.2 Å². The van der Waals surface area contributed by atoms with E-state index in [9.17, 15) is 0 Å². The summed E-state index contributed by atoms with van der Waals surface area (Å²) in [6.07, 6.45) is 0. The fourth-order valence-electron chi connectivity index (χ4n) is 0.456. The minimum Gasteiger partial charge on any atom is -0.394 e. The number of hydrogen-bond acceptors (Lipinski definition) is 3. The molecule has 0 aromatic heterocycles. The predicted molar refractivity (Wildman–Crippen MR) is 32.1 cm³/mol. The van der Waals surface area contributed by atoms with Crippen LogP contribution in [0.4, 0.5) is 0 Å². The van der Waals surface area contributed by atoms with E-state index in [2.05, 4.69) is 0 Å². The van der Waals surface area contributed by atoms with E-state index in [4.69, 9.17) is 15.6 Å². The van der Waals surface area contributed by atoms with E-state index in [1.807, 2.05) is 0 Å². The average molecular weight is 140 g/mol. The molecule has 0 aromatic carbocycles. The minimum atomic E-state index is -0.403. The molecule has 0 aliphatic carbocycles. The van der Waals surface area contributed by atoms with Gasteiger partial charge in [-0.25, -0.2) is 0 Å². The maximum absolute atomic E-state index is 8.44.